The zero-order valence-electron chi connectivity index (χ0n) is 22.2. The minimum Gasteiger partial charge on any atom is -0.494 e. The predicted molar refractivity (Wildman–Crippen MR) is 157 cm³/mol. The molecule has 1 fully saturated rings. The SMILES string of the molecule is O=C(Oc1ccc(F)cc1)N1CCC2=C(NC3C=CC(Cl)=CC23)C1c1cccc(OCCCN2CCSCC2)c1. The van der Waals surface area contributed by atoms with Crippen LogP contribution in [-0.4, -0.2) is 66.2 Å². The highest BCUT2D eigenvalue weighted by molar-refractivity contribution is 7.99. The summed E-state index contributed by atoms with van der Waals surface area (Å²) >= 11 is 8.39. The summed E-state index contributed by atoms with van der Waals surface area (Å²) in [6.45, 7) is 4.46. The van der Waals surface area contributed by atoms with Crippen LogP contribution in [0.4, 0.5) is 9.18 Å². The number of carbonyl (C=O) groups excluding carboxylic acids is 1. The lowest BCUT2D eigenvalue weighted by molar-refractivity contribution is 0.133. The highest BCUT2D eigenvalue weighted by Gasteiger charge is 2.43. The molecule has 1 N–H and O–H groups in total. The molecular weight excluding hydrogens is 549 g/mol. The van der Waals surface area contributed by atoms with E-state index in [9.17, 15) is 9.18 Å². The van der Waals surface area contributed by atoms with Gasteiger partial charge in [0.2, 0.25) is 0 Å². The number of fused-ring (bicyclic) bond motifs is 2. The van der Waals surface area contributed by atoms with Crippen LogP contribution in [0.1, 0.15) is 24.4 Å². The number of thioether (sulfide) groups is 1. The number of ether oxygens (including phenoxy) is 2. The monoisotopic (exact) mass is 581 g/mol. The lowest BCUT2D eigenvalue weighted by atomic mass is 9.85. The van der Waals surface area contributed by atoms with Gasteiger partial charge < -0.3 is 19.7 Å². The molecule has 3 atom stereocenters. The number of hydrogen-bond donors (Lipinski definition) is 1. The van der Waals surface area contributed by atoms with E-state index in [-0.39, 0.29) is 23.8 Å². The van der Waals surface area contributed by atoms with Gasteiger partial charge in [0.05, 0.1) is 12.6 Å². The third-order valence-corrected chi connectivity index (χ3v) is 9.08. The fourth-order valence-electron chi connectivity index (χ4n) is 5.92. The topological polar surface area (TPSA) is 54.0 Å². The second kappa shape index (κ2) is 12.3. The van der Waals surface area contributed by atoms with Crippen LogP contribution in [0.5, 0.6) is 11.5 Å². The van der Waals surface area contributed by atoms with Gasteiger partial charge in [-0.15, -0.1) is 0 Å². The molecule has 6 nitrogen and oxygen atoms in total. The van der Waals surface area contributed by atoms with Gasteiger partial charge in [0.25, 0.3) is 0 Å². The molecule has 2 aromatic carbocycles. The Hall–Kier alpha value is -2.94. The van der Waals surface area contributed by atoms with Gasteiger partial charge in [-0.3, -0.25) is 4.90 Å². The summed E-state index contributed by atoms with van der Waals surface area (Å²) in [7, 11) is 0. The van der Waals surface area contributed by atoms with Crippen molar-refractivity contribution in [2.75, 3.05) is 44.3 Å². The predicted octanol–water partition coefficient (Wildman–Crippen LogP) is 6.12. The Bertz CT molecular complexity index is 1330. The van der Waals surface area contributed by atoms with Crippen LogP contribution >= 0.6 is 23.4 Å². The molecule has 0 spiro atoms. The Morgan fingerprint density at radius 3 is 2.75 bits per heavy atom. The highest BCUT2D eigenvalue weighted by Crippen LogP contribution is 2.45. The van der Waals surface area contributed by atoms with E-state index < -0.39 is 6.09 Å². The first-order valence-corrected chi connectivity index (χ1v) is 15.4. The summed E-state index contributed by atoms with van der Waals surface area (Å²) < 4.78 is 25.3. The van der Waals surface area contributed by atoms with Gasteiger partial charge in [-0.1, -0.05) is 35.9 Å². The van der Waals surface area contributed by atoms with E-state index in [1.807, 2.05) is 42.1 Å². The summed E-state index contributed by atoms with van der Waals surface area (Å²) in [5.41, 5.74) is 3.21. The first kappa shape index (κ1) is 27.2. The Labute approximate surface area is 243 Å². The van der Waals surface area contributed by atoms with Crippen LogP contribution in [0.15, 0.2) is 83.1 Å². The quantitative estimate of drug-likeness (QED) is 0.397. The largest absolute Gasteiger partial charge is 0.494 e. The minimum absolute atomic E-state index is 0.0932. The van der Waals surface area contributed by atoms with E-state index in [1.165, 1.54) is 41.3 Å². The summed E-state index contributed by atoms with van der Waals surface area (Å²) in [6.07, 6.45) is 7.29. The number of nitrogens with one attached hydrogen (secondary N) is 1. The first-order chi connectivity index (χ1) is 19.5. The Morgan fingerprint density at radius 1 is 1.10 bits per heavy atom. The van der Waals surface area contributed by atoms with E-state index in [2.05, 4.69) is 22.4 Å². The zero-order chi connectivity index (χ0) is 27.5. The molecule has 0 saturated carbocycles. The number of hydrogen-bond acceptors (Lipinski definition) is 6. The molecule has 9 heteroatoms. The Morgan fingerprint density at radius 2 is 1.93 bits per heavy atom. The van der Waals surface area contributed by atoms with Crippen LogP contribution in [0.25, 0.3) is 0 Å². The Balaban J connectivity index is 1.23. The Kier molecular flexibility index (Phi) is 8.37. The van der Waals surface area contributed by atoms with Gasteiger partial charge >= 0.3 is 6.09 Å². The van der Waals surface area contributed by atoms with Crippen LogP contribution in [0.2, 0.25) is 0 Å². The number of nitrogens with zero attached hydrogens (tertiary/aromatic N) is 2. The van der Waals surface area contributed by atoms with Crippen molar-refractivity contribution in [1.29, 1.82) is 0 Å². The average molecular weight is 582 g/mol. The van der Waals surface area contributed by atoms with Crippen molar-refractivity contribution in [3.8, 4) is 11.5 Å². The van der Waals surface area contributed by atoms with E-state index in [0.29, 0.717) is 25.3 Å². The number of carbonyl (C=O) groups is 1. The molecule has 3 heterocycles. The van der Waals surface area contributed by atoms with Gasteiger partial charge in [0, 0.05) is 54.3 Å². The fourth-order valence-corrected chi connectivity index (χ4v) is 7.10. The molecule has 1 aliphatic carbocycles. The molecule has 40 heavy (non-hydrogen) atoms. The summed E-state index contributed by atoms with van der Waals surface area (Å²) in [6, 6.07) is 13.2. The number of rotatable bonds is 7. The van der Waals surface area contributed by atoms with Crippen molar-refractivity contribution in [3.63, 3.8) is 0 Å². The van der Waals surface area contributed by atoms with Crippen molar-refractivity contribution < 1.29 is 18.7 Å². The van der Waals surface area contributed by atoms with E-state index >= 15 is 0 Å². The van der Waals surface area contributed by atoms with Crippen LogP contribution in [0.3, 0.4) is 0 Å². The lowest BCUT2D eigenvalue weighted by Crippen LogP contribution is -2.43. The molecule has 210 valence electrons. The summed E-state index contributed by atoms with van der Waals surface area (Å²) in [4.78, 5) is 17.8. The van der Waals surface area contributed by atoms with Crippen LogP contribution in [0, 0.1) is 11.7 Å². The van der Waals surface area contributed by atoms with Crippen molar-refractivity contribution in [2.45, 2.75) is 24.9 Å². The molecule has 1 saturated heterocycles. The van der Waals surface area contributed by atoms with Gasteiger partial charge in [-0.2, -0.15) is 11.8 Å². The molecule has 3 unspecified atom stereocenters. The number of halogens is 2. The normalized spacial score (nSPS) is 24.2. The number of allylic oxidation sites excluding steroid dienone is 2. The average Bonchev–Trinajstić information content (AvgIpc) is 3.34. The smallest absolute Gasteiger partial charge is 0.416 e. The summed E-state index contributed by atoms with van der Waals surface area (Å²) in [5.74, 6) is 3.27. The molecule has 2 aromatic rings. The zero-order valence-corrected chi connectivity index (χ0v) is 23.8. The van der Waals surface area contributed by atoms with Gasteiger partial charge in [0.15, 0.2) is 0 Å². The molecular formula is C31H33ClFN3O3S. The van der Waals surface area contributed by atoms with Crippen LogP contribution in [-0.2, 0) is 0 Å². The van der Waals surface area contributed by atoms with Crippen LogP contribution < -0.4 is 14.8 Å². The third kappa shape index (κ3) is 6.04. The van der Waals surface area contributed by atoms with Crippen molar-refractivity contribution in [1.82, 2.24) is 15.1 Å². The summed E-state index contributed by atoms with van der Waals surface area (Å²) in [5, 5.41) is 4.40. The number of benzene rings is 2. The molecule has 3 aliphatic heterocycles. The molecule has 0 bridgehead atoms. The van der Waals surface area contributed by atoms with Crippen molar-refractivity contribution in [2.24, 2.45) is 5.92 Å². The molecule has 6 rings (SSSR count). The maximum absolute atomic E-state index is 13.5. The standard InChI is InChI=1S/C31H33ClFN3O3S/c32-22-5-10-28-27(20-22)26-11-13-36(31(37)39-24-8-6-23(33)7-9-24)30(29(26)34-28)21-3-1-4-25(19-21)38-16-2-12-35-14-17-40-18-15-35/h1,3-10,19-20,27-28,30,34H,2,11-18H2. The first-order valence-electron chi connectivity index (χ1n) is 13.9. The van der Waals surface area contributed by atoms with Crippen molar-refractivity contribution >= 4 is 29.5 Å². The van der Waals surface area contributed by atoms with E-state index in [0.717, 1.165) is 48.1 Å². The molecule has 1 amide bonds. The second-order valence-corrected chi connectivity index (χ2v) is 12.1. The maximum Gasteiger partial charge on any atom is 0.416 e. The van der Waals surface area contributed by atoms with E-state index in [1.54, 1.807) is 4.90 Å². The lowest BCUT2D eigenvalue weighted by Gasteiger charge is -2.37. The second-order valence-electron chi connectivity index (χ2n) is 10.4. The van der Waals surface area contributed by atoms with Gasteiger partial charge in [-0.25, -0.2) is 9.18 Å². The third-order valence-electron chi connectivity index (χ3n) is 7.88. The number of amides is 1. The maximum atomic E-state index is 13.5. The highest BCUT2D eigenvalue weighted by atomic mass is 35.5. The molecule has 0 aromatic heterocycles. The fraction of sp³-hybridized carbons (Fsp3) is 0.387. The minimum atomic E-state index is -0.477. The van der Waals surface area contributed by atoms with Gasteiger partial charge in [-0.05, 0) is 66.5 Å². The van der Waals surface area contributed by atoms with Gasteiger partial charge in [0.1, 0.15) is 23.4 Å². The van der Waals surface area contributed by atoms with E-state index in [4.69, 9.17) is 21.1 Å². The van der Waals surface area contributed by atoms with Crippen molar-refractivity contribution in [3.05, 3.63) is 94.4 Å². The molecule has 4 aliphatic rings. The molecule has 0 radical (unpaired) electrons.